The molecule has 0 aromatic rings. The predicted octanol–water partition coefficient (Wildman–Crippen LogP) is 0.958. The third kappa shape index (κ3) is 7.59. The summed E-state index contributed by atoms with van der Waals surface area (Å²) in [4.78, 5) is 10.1. The van der Waals surface area contributed by atoms with E-state index in [9.17, 15) is 9.36 Å². The van der Waals surface area contributed by atoms with Crippen molar-refractivity contribution < 1.29 is 19.0 Å². The van der Waals surface area contributed by atoms with Crippen LogP contribution in [0.4, 0.5) is 0 Å². The van der Waals surface area contributed by atoms with Crippen molar-refractivity contribution in [3.63, 3.8) is 0 Å². The maximum atomic E-state index is 10.1. The van der Waals surface area contributed by atoms with Gasteiger partial charge in [-0.15, -0.1) is 0 Å². The molecule has 6 heteroatoms. The molecule has 0 radical (unpaired) electrons. The molecule has 1 unspecified atom stereocenters. The summed E-state index contributed by atoms with van der Waals surface area (Å²) >= 11 is 0. The molecule has 0 aliphatic rings. The number of carboxylic acids is 1. The molecule has 5 nitrogen and oxygen atoms in total. The smallest absolute Gasteiger partial charge is 0.327 e. The quantitative estimate of drug-likeness (QED) is 0.477. The van der Waals surface area contributed by atoms with Crippen LogP contribution < -0.4 is 5.73 Å². The van der Waals surface area contributed by atoms with Crippen molar-refractivity contribution in [2.45, 2.75) is 18.9 Å². The van der Waals surface area contributed by atoms with Crippen LogP contribution in [-0.2, 0) is 13.9 Å². The molecule has 0 saturated carbocycles. The van der Waals surface area contributed by atoms with E-state index in [1.165, 1.54) is 6.08 Å². The van der Waals surface area contributed by atoms with Crippen LogP contribution in [0.5, 0.6) is 0 Å². The Morgan fingerprint density at radius 3 is 2.85 bits per heavy atom. The van der Waals surface area contributed by atoms with Gasteiger partial charge in [0.1, 0.15) is 0 Å². The average molecular weight is 205 g/mol. The van der Waals surface area contributed by atoms with E-state index < -0.39 is 14.7 Å². The number of aliphatic carboxylic acids is 1. The highest BCUT2D eigenvalue weighted by Gasteiger charge is 2.05. The minimum Gasteiger partial charge on any atom is -0.478 e. The van der Waals surface area contributed by atoms with E-state index in [0.717, 1.165) is 6.08 Å². The van der Waals surface area contributed by atoms with Crippen LogP contribution in [0, 0.1) is 0 Å². The average Bonchev–Trinajstić information content (AvgIpc) is 2.04. The summed E-state index contributed by atoms with van der Waals surface area (Å²) in [6.45, 7) is 0.418. The molecule has 0 aromatic carbocycles. The number of rotatable bonds is 7. The molecular weight excluding hydrogens is 193 g/mol. The Hall–Kier alpha value is -0.770. The van der Waals surface area contributed by atoms with Gasteiger partial charge in [0.05, 0.1) is 6.10 Å². The van der Waals surface area contributed by atoms with Crippen molar-refractivity contribution in [2.24, 2.45) is 5.73 Å². The fourth-order valence-electron chi connectivity index (χ4n) is 0.781. The SMILES string of the molecule is NCCC(CC=CC(=O)O)OP=O. The highest BCUT2D eigenvalue weighted by atomic mass is 31.1. The Kier molecular flexibility index (Phi) is 7.39. The lowest BCUT2D eigenvalue weighted by Gasteiger charge is -2.08. The van der Waals surface area contributed by atoms with Gasteiger partial charge in [0, 0.05) is 6.08 Å². The van der Waals surface area contributed by atoms with Gasteiger partial charge in [-0.25, -0.2) is 9.36 Å². The molecule has 0 spiro atoms. The summed E-state index contributed by atoms with van der Waals surface area (Å²) in [5.41, 5.74) is 5.27. The van der Waals surface area contributed by atoms with E-state index in [1.807, 2.05) is 0 Å². The fraction of sp³-hybridized carbons (Fsp3) is 0.571. The molecule has 0 aliphatic carbocycles. The second kappa shape index (κ2) is 7.86. The Balaban J connectivity index is 3.79. The van der Waals surface area contributed by atoms with Crippen LogP contribution in [0.2, 0.25) is 0 Å². The molecule has 0 bridgehead atoms. The monoisotopic (exact) mass is 205 g/mol. The van der Waals surface area contributed by atoms with Crippen molar-refractivity contribution in [3.05, 3.63) is 12.2 Å². The molecule has 0 fully saturated rings. The number of hydrogen-bond acceptors (Lipinski definition) is 4. The van der Waals surface area contributed by atoms with Gasteiger partial charge in [-0.3, -0.25) is 4.52 Å². The van der Waals surface area contributed by atoms with Gasteiger partial charge in [0.15, 0.2) is 0 Å². The van der Waals surface area contributed by atoms with Crippen molar-refractivity contribution >= 4 is 14.7 Å². The van der Waals surface area contributed by atoms with E-state index in [-0.39, 0.29) is 6.10 Å². The van der Waals surface area contributed by atoms with E-state index in [2.05, 4.69) is 0 Å². The van der Waals surface area contributed by atoms with Crippen LogP contribution in [0.1, 0.15) is 12.8 Å². The number of hydrogen-bond donors (Lipinski definition) is 2. The Morgan fingerprint density at radius 2 is 2.38 bits per heavy atom. The van der Waals surface area contributed by atoms with Gasteiger partial charge in [0.2, 0.25) is 0 Å². The fourth-order valence-corrected chi connectivity index (χ4v) is 1.09. The topological polar surface area (TPSA) is 89.6 Å². The third-order valence-corrected chi connectivity index (χ3v) is 1.72. The summed E-state index contributed by atoms with van der Waals surface area (Å²) in [7, 11) is -0.406. The molecule has 1 atom stereocenters. The molecular formula is C7H12NO4P. The summed E-state index contributed by atoms with van der Waals surface area (Å²) in [6.07, 6.45) is 3.15. The van der Waals surface area contributed by atoms with E-state index in [0.29, 0.717) is 19.4 Å². The molecule has 0 aromatic heterocycles. The van der Waals surface area contributed by atoms with Crippen molar-refractivity contribution in [2.75, 3.05) is 6.54 Å². The summed E-state index contributed by atoms with van der Waals surface area (Å²) in [5, 5.41) is 8.27. The summed E-state index contributed by atoms with van der Waals surface area (Å²) in [5.74, 6) is -1.01. The second-order valence-electron chi connectivity index (χ2n) is 2.36. The highest BCUT2D eigenvalue weighted by Crippen LogP contribution is 2.10. The molecule has 0 aliphatic heterocycles. The van der Waals surface area contributed by atoms with Crippen LogP contribution in [0.15, 0.2) is 12.2 Å². The first-order valence-electron chi connectivity index (χ1n) is 3.78. The molecule has 3 N–H and O–H groups in total. The lowest BCUT2D eigenvalue weighted by Crippen LogP contribution is -2.13. The first-order chi connectivity index (χ1) is 6.20. The van der Waals surface area contributed by atoms with E-state index >= 15 is 0 Å². The van der Waals surface area contributed by atoms with Gasteiger partial charge in [-0.2, -0.15) is 0 Å². The zero-order valence-corrected chi connectivity index (χ0v) is 7.94. The van der Waals surface area contributed by atoms with E-state index in [1.54, 1.807) is 0 Å². The van der Waals surface area contributed by atoms with Gasteiger partial charge < -0.3 is 10.8 Å². The standard InChI is InChI=1S/C7H12NO4P/c8-5-4-6(12-13-11)2-1-3-7(9)10/h1,3,6H,2,4-5,8H2,(H,9,10). The minimum absolute atomic E-state index is 0.278. The number of carboxylic acid groups (broad SMARTS) is 1. The Labute approximate surface area is 77.9 Å². The second-order valence-corrected chi connectivity index (χ2v) is 2.72. The maximum absolute atomic E-state index is 10.1. The number of nitrogens with two attached hydrogens (primary N) is 1. The zero-order valence-electron chi connectivity index (χ0n) is 7.05. The van der Waals surface area contributed by atoms with Gasteiger partial charge in [0.25, 0.3) is 0 Å². The Bertz CT molecular complexity index is 195. The first kappa shape index (κ1) is 12.2. The molecule has 0 rings (SSSR count). The van der Waals surface area contributed by atoms with E-state index in [4.69, 9.17) is 15.4 Å². The number of carbonyl (C=O) groups is 1. The van der Waals surface area contributed by atoms with Gasteiger partial charge in [-0.05, 0) is 19.4 Å². The third-order valence-electron chi connectivity index (χ3n) is 1.34. The van der Waals surface area contributed by atoms with Crippen molar-refractivity contribution in [1.82, 2.24) is 0 Å². The largest absolute Gasteiger partial charge is 0.478 e. The van der Waals surface area contributed by atoms with Crippen LogP contribution >= 0.6 is 8.69 Å². The normalized spacial score (nSPS) is 13.6. The van der Waals surface area contributed by atoms with Crippen molar-refractivity contribution in [3.8, 4) is 0 Å². The van der Waals surface area contributed by atoms with Gasteiger partial charge >= 0.3 is 14.7 Å². The lowest BCUT2D eigenvalue weighted by molar-refractivity contribution is -0.131. The highest BCUT2D eigenvalue weighted by molar-refractivity contribution is 7.17. The van der Waals surface area contributed by atoms with Crippen LogP contribution in [-0.4, -0.2) is 23.7 Å². The van der Waals surface area contributed by atoms with Crippen LogP contribution in [0.3, 0.4) is 0 Å². The summed E-state index contributed by atoms with van der Waals surface area (Å²) < 4.78 is 14.8. The molecule has 13 heavy (non-hydrogen) atoms. The minimum atomic E-state index is -1.01. The zero-order chi connectivity index (χ0) is 10.1. The first-order valence-corrected chi connectivity index (χ1v) is 4.51. The lowest BCUT2D eigenvalue weighted by atomic mass is 10.2. The molecule has 74 valence electrons. The van der Waals surface area contributed by atoms with Crippen LogP contribution in [0.25, 0.3) is 0 Å². The summed E-state index contributed by atoms with van der Waals surface area (Å²) in [6, 6.07) is 0. The molecule has 0 heterocycles. The maximum Gasteiger partial charge on any atom is 0.327 e. The molecule has 0 amide bonds. The van der Waals surface area contributed by atoms with Crippen molar-refractivity contribution in [1.29, 1.82) is 0 Å². The van der Waals surface area contributed by atoms with Gasteiger partial charge in [-0.1, -0.05) is 6.08 Å². The predicted molar refractivity (Wildman–Crippen MR) is 47.5 cm³/mol. The Morgan fingerprint density at radius 1 is 1.69 bits per heavy atom. The molecule has 0 saturated heterocycles.